The molecule has 1 aromatic carbocycles. The van der Waals surface area contributed by atoms with Crippen LogP contribution in [0.25, 0.3) is 0 Å². The summed E-state index contributed by atoms with van der Waals surface area (Å²) in [5.41, 5.74) is 0.00583. The first-order chi connectivity index (χ1) is 7.84. The molecular weight excluding hydrogens is 232 g/mol. The molecule has 0 heterocycles. The molecule has 0 saturated heterocycles. The van der Waals surface area contributed by atoms with Crippen molar-refractivity contribution in [3.8, 4) is 0 Å². The average Bonchev–Trinajstić information content (AvgIpc) is 2.22. The van der Waals surface area contributed by atoms with Crippen LogP contribution in [0.2, 0.25) is 0 Å². The summed E-state index contributed by atoms with van der Waals surface area (Å²) in [6, 6.07) is 1.63. The van der Waals surface area contributed by atoms with Gasteiger partial charge >= 0.3 is 5.97 Å². The fourth-order valence-electron chi connectivity index (χ4n) is 1.42. The lowest BCUT2D eigenvalue weighted by molar-refractivity contribution is -0.139. The van der Waals surface area contributed by atoms with Gasteiger partial charge in [0.25, 0.3) is 0 Å². The van der Waals surface area contributed by atoms with Gasteiger partial charge in [0.05, 0.1) is 0 Å². The lowest BCUT2D eigenvalue weighted by atomic mass is 10.2. The molecule has 0 spiro atoms. The lowest BCUT2D eigenvalue weighted by Crippen LogP contribution is -2.42. The van der Waals surface area contributed by atoms with Gasteiger partial charge in [0, 0.05) is 18.7 Å². The van der Waals surface area contributed by atoms with Gasteiger partial charge in [-0.15, -0.1) is 0 Å². The highest BCUT2D eigenvalue weighted by Crippen LogP contribution is 2.20. The van der Waals surface area contributed by atoms with Crippen LogP contribution in [0, 0.1) is 11.6 Å². The molecule has 0 fully saturated rings. The van der Waals surface area contributed by atoms with Gasteiger partial charge in [0.1, 0.15) is 6.04 Å². The molecule has 1 aromatic rings. The van der Waals surface area contributed by atoms with Crippen molar-refractivity contribution in [3.05, 3.63) is 29.8 Å². The Morgan fingerprint density at radius 2 is 1.88 bits per heavy atom. The number of aliphatic carboxylic acids is 1. The van der Waals surface area contributed by atoms with Crippen molar-refractivity contribution in [1.29, 1.82) is 0 Å². The van der Waals surface area contributed by atoms with Crippen molar-refractivity contribution in [2.24, 2.45) is 0 Å². The Hall–Kier alpha value is -1.98. The molecule has 0 aliphatic carbocycles. The van der Waals surface area contributed by atoms with E-state index < -0.39 is 29.6 Å². The van der Waals surface area contributed by atoms with E-state index in [1.165, 1.54) is 6.92 Å². The van der Waals surface area contributed by atoms with Crippen LogP contribution in [0.1, 0.15) is 13.8 Å². The minimum absolute atomic E-state index is 0.00583. The highest BCUT2D eigenvalue weighted by atomic mass is 19.2. The second-order valence-corrected chi connectivity index (χ2v) is 3.50. The molecular formula is C11H11F2NO3. The topological polar surface area (TPSA) is 57.6 Å². The molecule has 1 unspecified atom stereocenters. The van der Waals surface area contributed by atoms with Gasteiger partial charge in [0.15, 0.2) is 11.6 Å². The second kappa shape index (κ2) is 4.90. The van der Waals surface area contributed by atoms with Crippen LogP contribution in [0.3, 0.4) is 0 Å². The maximum atomic E-state index is 13.0. The Kier molecular flexibility index (Phi) is 3.77. The summed E-state index contributed by atoms with van der Waals surface area (Å²) < 4.78 is 25.7. The van der Waals surface area contributed by atoms with E-state index in [-0.39, 0.29) is 5.69 Å². The van der Waals surface area contributed by atoms with Crippen molar-refractivity contribution in [2.75, 3.05) is 4.90 Å². The highest BCUT2D eigenvalue weighted by Gasteiger charge is 2.25. The lowest BCUT2D eigenvalue weighted by Gasteiger charge is -2.25. The Bertz CT molecular complexity index is 462. The summed E-state index contributed by atoms with van der Waals surface area (Å²) in [5.74, 6) is -3.98. The number of halogens is 2. The van der Waals surface area contributed by atoms with Crippen LogP contribution < -0.4 is 4.90 Å². The Balaban J connectivity index is 3.19. The van der Waals surface area contributed by atoms with E-state index in [4.69, 9.17) is 5.11 Å². The molecule has 0 aliphatic rings. The van der Waals surface area contributed by atoms with Crippen LogP contribution in [-0.4, -0.2) is 23.0 Å². The maximum absolute atomic E-state index is 13.0. The monoisotopic (exact) mass is 243 g/mol. The fraction of sp³-hybridized carbons (Fsp3) is 0.273. The van der Waals surface area contributed by atoms with Crippen molar-refractivity contribution < 1.29 is 23.5 Å². The predicted octanol–water partition coefficient (Wildman–Crippen LogP) is 1.79. The van der Waals surface area contributed by atoms with Gasteiger partial charge in [-0.25, -0.2) is 13.6 Å². The summed E-state index contributed by atoms with van der Waals surface area (Å²) in [5, 5.41) is 8.82. The van der Waals surface area contributed by atoms with E-state index in [2.05, 4.69) is 0 Å². The van der Waals surface area contributed by atoms with E-state index >= 15 is 0 Å². The average molecular weight is 243 g/mol. The van der Waals surface area contributed by atoms with Crippen molar-refractivity contribution >= 4 is 17.6 Å². The van der Waals surface area contributed by atoms with Crippen LogP contribution in [0.15, 0.2) is 18.2 Å². The maximum Gasteiger partial charge on any atom is 0.326 e. The Morgan fingerprint density at radius 1 is 1.29 bits per heavy atom. The molecule has 1 amide bonds. The minimum Gasteiger partial charge on any atom is -0.480 e. The van der Waals surface area contributed by atoms with Gasteiger partial charge in [-0.3, -0.25) is 9.69 Å². The number of amides is 1. The molecule has 4 nitrogen and oxygen atoms in total. The quantitative estimate of drug-likeness (QED) is 0.880. The Morgan fingerprint density at radius 3 is 2.29 bits per heavy atom. The largest absolute Gasteiger partial charge is 0.480 e. The molecule has 17 heavy (non-hydrogen) atoms. The zero-order valence-corrected chi connectivity index (χ0v) is 9.28. The molecule has 92 valence electrons. The summed E-state index contributed by atoms with van der Waals surface area (Å²) in [4.78, 5) is 23.0. The zero-order chi connectivity index (χ0) is 13.2. The molecule has 0 radical (unpaired) electrons. The van der Waals surface area contributed by atoms with Gasteiger partial charge in [-0.05, 0) is 19.1 Å². The normalized spacial score (nSPS) is 12.0. The molecule has 0 bridgehead atoms. The SMILES string of the molecule is CC(=O)N(c1ccc(F)c(F)c1)C(C)C(=O)O. The Labute approximate surface area is 96.5 Å². The molecule has 1 atom stereocenters. The van der Waals surface area contributed by atoms with Gasteiger partial charge < -0.3 is 5.11 Å². The third-order valence-corrected chi connectivity index (χ3v) is 2.27. The first-order valence-corrected chi connectivity index (χ1v) is 4.82. The first-order valence-electron chi connectivity index (χ1n) is 4.82. The van der Waals surface area contributed by atoms with Crippen molar-refractivity contribution in [2.45, 2.75) is 19.9 Å². The highest BCUT2D eigenvalue weighted by molar-refractivity contribution is 5.97. The van der Waals surface area contributed by atoms with Crippen LogP contribution in [0.4, 0.5) is 14.5 Å². The summed E-state index contributed by atoms with van der Waals surface area (Å²) in [6.07, 6.45) is 0. The number of carbonyl (C=O) groups excluding carboxylic acids is 1. The van der Waals surface area contributed by atoms with E-state index in [1.54, 1.807) is 0 Å². The number of anilines is 1. The summed E-state index contributed by atoms with van der Waals surface area (Å²) in [6.45, 7) is 2.44. The predicted molar refractivity (Wildman–Crippen MR) is 56.6 cm³/mol. The zero-order valence-electron chi connectivity index (χ0n) is 9.28. The number of hydrogen-bond donors (Lipinski definition) is 1. The first kappa shape index (κ1) is 13.1. The smallest absolute Gasteiger partial charge is 0.326 e. The van der Waals surface area contributed by atoms with E-state index in [1.807, 2.05) is 0 Å². The standard InChI is InChI=1S/C11H11F2NO3/c1-6(11(16)17)14(7(2)15)8-3-4-9(12)10(13)5-8/h3-6H,1-2H3,(H,16,17). The van der Waals surface area contributed by atoms with Crippen molar-refractivity contribution in [1.82, 2.24) is 0 Å². The molecule has 1 N–H and O–H groups in total. The molecule has 6 heteroatoms. The van der Waals surface area contributed by atoms with E-state index in [9.17, 15) is 18.4 Å². The number of carboxylic acids is 1. The van der Waals surface area contributed by atoms with E-state index in [0.717, 1.165) is 30.0 Å². The van der Waals surface area contributed by atoms with Gasteiger partial charge in [0.2, 0.25) is 5.91 Å². The number of nitrogens with zero attached hydrogens (tertiary/aromatic N) is 1. The number of carbonyl (C=O) groups is 2. The third kappa shape index (κ3) is 2.77. The van der Waals surface area contributed by atoms with Crippen LogP contribution >= 0.6 is 0 Å². The number of carboxylic acid groups (broad SMARTS) is 1. The van der Waals surface area contributed by atoms with E-state index in [0.29, 0.717) is 0 Å². The molecule has 0 saturated carbocycles. The molecule has 0 aromatic heterocycles. The fourth-order valence-corrected chi connectivity index (χ4v) is 1.42. The van der Waals surface area contributed by atoms with Gasteiger partial charge in [-0.1, -0.05) is 0 Å². The summed E-state index contributed by atoms with van der Waals surface area (Å²) >= 11 is 0. The summed E-state index contributed by atoms with van der Waals surface area (Å²) in [7, 11) is 0. The van der Waals surface area contributed by atoms with Gasteiger partial charge in [-0.2, -0.15) is 0 Å². The number of rotatable bonds is 3. The van der Waals surface area contributed by atoms with Crippen LogP contribution in [0.5, 0.6) is 0 Å². The van der Waals surface area contributed by atoms with Crippen LogP contribution in [-0.2, 0) is 9.59 Å². The number of hydrogen-bond acceptors (Lipinski definition) is 2. The van der Waals surface area contributed by atoms with Crippen molar-refractivity contribution in [3.63, 3.8) is 0 Å². The minimum atomic E-state index is -1.23. The second-order valence-electron chi connectivity index (χ2n) is 3.50. The third-order valence-electron chi connectivity index (χ3n) is 2.27. The number of benzene rings is 1. The molecule has 1 rings (SSSR count). The molecule has 0 aliphatic heterocycles.